The van der Waals surface area contributed by atoms with E-state index in [1.807, 2.05) is 13.8 Å². The van der Waals surface area contributed by atoms with Crippen molar-refractivity contribution in [2.45, 2.75) is 52.9 Å². The zero-order valence-electron chi connectivity index (χ0n) is 9.51. The van der Waals surface area contributed by atoms with Crippen LogP contribution in [0.15, 0.2) is 0 Å². The van der Waals surface area contributed by atoms with E-state index in [2.05, 4.69) is 6.92 Å². The Morgan fingerprint density at radius 1 is 0.846 bits per heavy atom. The Morgan fingerprint density at radius 2 is 1.38 bits per heavy atom. The lowest BCUT2D eigenvalue weighted by molar-refractivity contribution is -0.877. The largest absolute Gasteiger partial charge is 0.633 e. The lowest BCUT2D eigenvalue weighted by atomic mass is 10.1. The maximum absolute atomic E-state index is 11.8. The molecular weight excluding hydrogens is 162 g/mol. The Hall–Kier alpha value is -0.0800. The molecule has 0 heterocycles. The molecule has 0 rings (SSSR count). The third-order valence-electron chi connectivity index (χ3n) is 2.82. The summed E-state index contributed by atoms with van der Waals surface area (Å²) in [6.45, 7) is 8.46. The van der Waals surface area contributed by atoms with Crippen molar-refractivity contribution in [3.8, 4) is 0 Å². The molecule has 0 atom stereocenters. The molecule has 0 amide bonds. The van der Waals surface area contributed by atoms with Crippen molar-refractivity contribution in [3.63, 3.8) is 0 Å². The molecule has 0 spiro atoms. The van der Waals surface area contributed by atoms with Gasteiger partial charge >= 0.3 is 0 Å². The van der Waals surface area contributed by atoms with Gasteiger partial charge in [0.2, 0.25) is 0 Å². The van der Waals surface area contributed by atoms with Crippen molar-refractivity contribution in [1.29, 1.82) is 0 Å². The highest BCUT2D eigenvalue weighted by molar-refractivity contribution is 4.44. The second-order valence-electron chi connectivity index (χ2n) is 3.83. The molecule has 0 bridgehead atoms. The van der Waals surface area contributed by atoms with Crippen LogP contribution >= 0.6 is 0 Å². The second-order valence-corrected chi connectivity index (χ2v) is 3.83. The van der Waals surface area contributed by atoms with E-state index < -0.39 is 0 Å². The zero-order chi connectivity index (χ0) is 10.2. The molecule has 2 heteroatoms. The summed E-state index contributed by atoms with van der Waals surface area (Å²) in [5.41, 5.74) is 0. The molecular formula is C11H25NO. The van der Waals surface area contributed by atoms with Crippen molar-refractivity contribution in [1.82, 2.24) is 0 Å². The summed E-state index contributed by atoms with van der Waals surface area (Å²) < 4.78 is 0.00608. The molecule has 0 N–H and O–H groups in total. The van der Waals surface area contributed by atoms with Crippen molar-refractivity contribution >= 4 is 0 Å². The molecule has 0 aromatic rings. The van der Waals surface area contributed by atoms with Gasteiger partial charge in [-0.2, -0.15) is 0 Å². The highest BCUT2D eigenvalue weighted by Crippen LogP contribution is 2.09. The van der Waals surface area contributed by atoms with Crippen molar-refractivity contribution in [2.75, 3.05) is 19.6 Å². The fourth-order valence-electron chi connectivity index (χ4n) is 1.54. The summed E-state index contributed by atoms with van der Waals surface area (Å²) in [4.78, 5) is 0. The first-order valence-electron chi connectivity index (χ1n) is 5.75. The maximum Gasteiger partial charge on any atom is 0.0783 e. The van der Waals surface area contributed by atoms with Crippen LogP contribution < -0.4 is 0 Å². The standard InChI is InChI=1S/C11H25NO/c1-4-7-8-9-10-11-12(13,5-2)6-3/h4-11H2,1-3H3. The number of unbranched alkanes of at least 4 members (excludes halogenated alkanes) is 4. The van der Waals surface area contributed by atoms with Gasteiger partial charge < -0.3 is 9.85 Å². The summed E-state index contributed by atoms with van der Waals surface area (Å²) >= 11 is 0. The van der Waals surface area contributed by atoms with Gasteiger partial charge in [-0.1, -0.05) is 26.2 Å². The van der Waals surface area contributed by atoms with E-state index in [1.54, 1.807) is 0 Å². The minimum absolute atomic E-state index is 0.00608. The molecule has 0 saturated heterocycles. The minimum atomic E-state index is 0.00608. The molecule has 80 valence electrons. The van der Waals surface area contributed by atoms with Crippen LogP contribution in [0.2, 0.25) is 0 Å². The molecule has 0 unspecified atom stereocenters. The van der Waals surface area contributed by atoms with E-state index in [0.29, 0.717) is 0 Å². The summed E-state index contributed by atoms with van der Waals surface area (Å²) in [6, 6.07) is 0. The average molecular weight is 187 g/mol. The number of hydroxylamine groups is 3. The normalized spacial score (nSPS) is 12.0. The highest BCUT2D eigenvalue weighted by atomic mass is 16.5. The van der Waals surface area contributed by atoms with E-state index in [-0.39, 0.29) is 4.65 Å². The summed E-state index contributed by atoms with van der Waals surface area (Å²) in [7, 11) is 0. The molecule has 0 radical (unpaired) electrons. The van der Waals surface area contributed by atoms with Gasteiger partial charge in [-0.05, 0) is 26.7 Å². The monoisotopic (exact) mass is 187 g/mol. The van der Waals surface area contributed by atoms with E-state index >= 15 is 0 Å². The predicted molar refractivity (Wildman–Crippen MR) is 58.3 cm³/mol. The number of hydrogen-bond acceptors (Lipinski definition) is 1. The molecule has 0 aliphatic rings. The first-order chi connectivity index (χ1) is 6.18. The summed E-state index contributed by atoms with van der Waals surface area (Å²) in [5.74, 6) is 0. The quantitative estimate of drug-likeness (QED) is 0.325. The van der Waals surface area contributed by atoms with Gasteiger partial charge in [0.05, 0.1) is 19.6 Å². The number of rotatable bonds is 8. The SMILES string of the molecule is CCCCCCC[N+]([O-])(CC)CC. The van der Waals surface area contributed by atoms with Crippen molar-refractivity contribution in [2.24, 2.45) is 0 Å². The third-order valence-corrected chi connectivity index (χ3v) is 2.82. The van der Waals surface area contributed by atoms with Crippen LogP contribution in [-0.2, 0) is 0 Å². The number of hydrogen-bond donors (Lipinski definition) is 0. The Kier molecular flexibility index (Phi) is 7.29. The zero-order valence-corrected chi connectivity index (χ0v) is 9.51. The Balaban J connectivity index is 3.39. The molecule has 0 fully saturated rings. The van der Waals surface area contributed by atoms with E-state index in [1.165, 1.54) is 25.7 Å². The first-order valence-corrected chi connectivity index (χ1v) is 5.75. The van der Waals surface area contributed by atoms with E-state index in [9.17, 15) is 5.21 Å². The summed E-state index contributed by atoms with van der Waals surface area (Å²) in [6.07, 6.45) is 6.22. The van der Waals surface area contributed by atoms with Crippen LogP contribution in [0.25, 0.3) is 0 Å². The first kappa shape index (κ1) is 12.9. The Bertz CT molecular complexity index is 111. The average Bonchev–Trinajstić information content (AvgIpc) is 2.17. The van der Waals surface area contributed by atoms with Crippen LogP contribution in [0.3, 0.4) is 0 Å². The predicted octanol–water partition coefficient (Wildman–Crippen LogP) is 3.31. The fraction of sp³-hybridized carbons (Fsp3) is 1.00. The Labute approximate surface area is 83.1 Å². The molecule has 0 aromatic heterocycles. The molecule has 2 nitrogen and oxygen atoms in total. The highest BCUT2D eigenvalue weighted by Gasteiger charge is 2.09. The topological polar surface area (TPSA) is 23.1 Å². The van der Waals surface area contributed by atoms with Gasteiger partial charge in [0.25, 0.3) is 0 Å². The van der Waals surface area contributed by atoms with Crippen molar-refractivity contribution < 1.29 is 4.65 Å². The van der Waals surface area contributed by atoms with E-state index in [4.69, 9.17) is 0 Å². The second kappa shape index (κ2) is 7.34. The van der Waals surface area contributed by atoms with Crippen molar-refractivity contribution in [3.05, 3.63) is 5.21 Å². The number of nitrogens with zero attached hydrogens (tertiary/aromatic N) is 1. The van der Waals surface area contributed by atoms with Gasteiger partial charge in [0.1, 0.15) is 0 Å². The maximum atomic E-state index is 11.8. The molecule has 0 aliphatic carbocycles. The van der Waals surface area contributed by atoms with Gasteiger partial charge in [-0.25, -0.2) is 0 Å². The lowest BCUT2D eigenvalue weighted by Crippen LogP contribution is -2.42. The summed E-state index contributed by atoms with van der Waals surface area (Å²) in [5, 5.41) is 11.8. The smallest absolute Gasteiger partial charge is 0.0783 e. The van der Waals surface area contributed by atoms with E-state index in [0.717, 1.165) is 26.1 Å². The lowest BCUT2D eigenvalue weighted by Gasteiger charge is -2.41. The van der Waals surface area contributed by atoms with Gasteiger partial charge in [-0.3, -0.25) is 0 Å². The molecule has 0 aromatic carbocycles. The Morgan fingerprint density at radius 3 is 1.85 bits per heavy atom. The number of quaternary nitrogens is 1. The van der Waals surface area contributed by atoms with Gasteiger partial charge in [0, 0.05) is 0 Å². The fourth-order valence-corrected chi connectivity index (χ4v) is 1.54. The molecule has 0 saturated carbocycles. The molecule has 13 heavy (non-hydrogen) atoms. The molecule has 0 aliphatic heterocycles. The van der Waals surface area contributed by atoms with Gasteiger partial charge in [0.15, 0.2) is 0 Å². The van der Waals surface area contributed by atoms with Crippen LogP contribution in [0, 0.1) is 5.21 Å². The van der Waals surface area contributed by atoms with Crippen LogP contribution in [-0.4, -0.2) is 24.3 Å². The minimum Gasteiger partial charge on any atom is -0.633 e. The van der Waals surface area contributed by atoms with Crippen LogP contribution in [0.4, 0.5) is 0 Å². The van der Waals surface area contributed by atoms with Crippen LogP contribution in [0.1, 0.15) is 52.9 Å². The van der Waals surface area contributed by atoms with Crippen LogP contribution in [0.5, 0.6) is 0 Å². The third kappa shape index (κ3) is 6.05. The van der Waals surface area contributed by atoms with Gasteiger partial charge in [-0.15, -0.1) is 0 Å².